The highest BCUT2D eigenvalue weighted by Gasteiger charge is 2.41. The van der Waals surface area contributed by atoms with Crippen LogP contribution in [-0.4, -0.2) is 53.7 Å². The van der Waals surface area contributed by atoms with Crippen LogP contribution in [0.3, 0.4) is 0 Å². The fourth-order valence-corrected chi connectivity index (χ4v) is 3.42. The van der Waals surface area contributed by atoms with Gasteiger partial charge in [0.2, 0.25) is 6.41 Å². The van der Waals surface area contributed by atoms with Crippen molar-refractivity contribution in [2.24, 2.45) is 11.8 Å². The molecule has 1 aliphatic heterocycles. The minimum Gasteiger partial charge on any atom is -0.481 e. The Morgan fingerprint density at radius 3 is 2.90 bits per heavy atom. The third kappa shape index (κ3) is 3.11. The van der Waals surface area contributed by atoms with Crippen molar-refractivity contribution in [3.8, 4) is 0 Å². The second-order valence-electron chi connectivity index (χ2n) is 6.17. The quantitative estimate of drug-likeness (QED) is 0.741. The molecule has 1 aliphatic carbocycles. The summed E-state index contributed by atoms with van der Waals surface area (Å²) >= 11 is 0. The molecule has 0 aromatic rings. The molecular formula is C14H23FN2O3. The first kappa shape index (κ1) is 15.2. The van der Waals surface area contributed by atoms with E-state index < -0.39 is 17.6 Å². The summed E-state index contributed by atoms with van der Waals surface area (Å²) in [5.74, 6) is -1.65. The van der Waals surface area contributed by atoms with Gasteiger partial charge in [0.25, 0.3) is 0 Å². The number of hydrogen-bond acceptors (Lipinski definition) is 3. The summed E-state index contributed by atoms with van der Waals surface area (Å²) in [6.07, 6.45) is 3.22. The molecule has 2 fully saturated rings. The van der Waals surface area contributed by atoms with E-state index in [4.69, 9.17) is 0 Å². The summed E-state index contributed by atoms with van der Waals surface area (Å²) in [5.41, 5.74) is -1.30. The summed E-state index contributed by atoms with van der Waals surface area (Å²) in [6.45, 7) is 3.04. The van der Waals surface area contributed by atoms with Crippen molar-refractivity contribution in [1.29, 1.82) is 0 Å². The van der Waals surface area contributed by atoms with Crippen LogP contribution in [0.5, 0.6) is 0 Å². The van der Waals surface area contributed by atoms with E-state index in [1.807, 2.05) is 0 Å². The number of carboxylic acids is 1. The molecule has 2 aliphatic rings. The van der Waals surface area contributed by atoms with E-state index in [2.05, 4.69) is 5.32 Å². The molecule has 4 atom stereocenters. The summed E-state index contributed by atoms with van der Waals surface area (Å²) in [4.78, 5) is 24.1. The summed E-state index contributed by atoms with van der Waals surface area (Å²) < 4.78 is 14.5. The maximum atomic E-state index is 14.5. The Hall–Kier alpha value is -1.17. The van der Waals surface area contributed by atoms with Crippen LogP contribution in [-0.2, 0) is 9.59 Å². The van der Waals surface area contributed by atoms with Gasteiger partial charge in [0, 0.05) is 25.0 Å². The second-order valence-corrected chi connectivity index (χ2v) is 6.17. The van der Waals surface area contributed by atoms with Gasteiger partial charge in [-0.1, -0.05) is 6.42 Å². The van der Waals surface area contributed by atoms with E-state index in [-0.39, 0.29) is 18.5 Å². The molecule has 1 heterocycles. The maximum absolute atomic E-state index is 14.5. The minimum absolute atomic E-state index is 0.281. The molecule has 0 bridgehead atoms. The molecule has 0 spiro atoms. The molecule has 0 aromatic carbocycles. The van der Waals surface area contributed by atoms with Crippen molar-refractivity contribution in [1.82, 2.24) is 10.2 Å². The lowest BCUT2D eigenvalue weighted by molar-refractivity contribution is -0.144. The number of carboxylic acid groups (broad SMARTS) is 1. The van der Waals surface area contributed by atoms with Gasteiger partial charge in [0.05, 0.1) is 5.92 Å². The predicted molar refractivity (Wildman–Crippen MR) is 72.0 cm³/mol. The number of alkyl halides is 1. The molecule has 114 valence electrons. The molecule has 1 saturated heterocycles. The number of halogens is 1. The molecule has 6 heteroatoms. The summed E-state index contributed by atoms with van der Waals surface area (Å²) in [5, 5.41) is 12.4. The average molecular weight is 286 g/mol. The monoisotopic (exact) mass is 286 g/mol. The van der Waals surface area contributed by atoms with Gasteiger partial charge in [0.1, 0.15) is 5.67 Å². The fourth-order valence-electron chi connectivity index (χ4n) is 3.42. The molecular weight excluding hydrogens is 263 g/mol. The van der Waals surface area contributed by atoms with Crippen LogP contribution in [0, 0.1) is 11.8 Å². The van der Waals surface area contributed by atoms with Crippen molar-refractivity contribution in [3.63, 3.8) is 0 Å². The lowest BCUT2D eigenvalue weighted by Gasteiger charge is -2.39. The van der Waals surface area contributed by atoms with Crippen LogP contribution in [0.25, 0.3) is 0 Å². The number of nitrogens with zero attached hydrogens (tertiary/aromatic N) is 1. The van der Waals surface area contributed by atoms with Crippen LogP contribution in [0.15, 0.2) is 0 Å². The Balaban J connectivity index is 2.05. The van der Waals surface area contributed by atoms with Crippen LogP contribution < -0.4 is 5.32 Å². The third-order valence-electron chi connectivity index (χ3n) is 4.82. The van der Waals surface area contributed by atoms with Gasteiger partial charge in [0.15, 0.2) is 0 Å². The number of carbonyl (C=O) groups is 2. The first-order chi connectivity index (χ1) is 9.45. The van der Waals surface area contributed by atoms with E-state index >= 15 is 0 Å². The lowest BCUT2D eigenvalue weighted by Crippen LogP contribution is -2.52. The van der Waals surface area contributed by atoms with Gasteiger partial charge >= 0.3 is 5.97 Å². The van der Waals surface area contributed by atoms with Gasteiger partial charge in [-0.25, -0.2) is 4.39 Å². The molecule has 1 saturated carbocycles. The number of aliphatic carboxylic acids is 1. The smallest absolute Gasteiger partial charge is 0.308 e. The molecule has 0 radical (unpaired) electrons. The topological polar surface area (TPSA) is 69.6 Å². The first-order valence-corrected chi connectivity index (χ1v) is 7.29. The van der Waals surface area contributed by atoms with Gasteiger partial charge in [-0.3, -0.25) is 9.59 Å². The van der Waals surface area contributed by atoms with Gasteiger partial charge in [-0.15, -0.1) is 0 Å². The summed E-state index contributed by atoms with van der Waals surface area (Å²) in [6, 6.07) is -0.289. The fraction of sp³-hybridized carbons (Fsp3) is 0.857. The van der Waals surface area contributed by atoms with Crippen LogP contribution in [0.1, 0.15) is 32.6 Å². The van der Waals surface area contributed by atoms with Crippen LogP contribution in [0.2, 0.25) is 0 Å². The van der Waals surface area contributed by atoms with Crippen molar-refractivity contribution in [2.75, 3.05) is 19.6 Å². The molecule has 20 heavy (non-hydrogen) atoms. The summed E-state index contributed by atoms with van der Waals surface area (Å²) in [7, 11) is 0. The lowest BCUT2D eigenvalue weighted by atomic mass is 9.84. The van der Waals surface area contributed by atoms with Crippen molar-refractivity contribution in [3.05, 3.63) is 0 Å². The van der Waals surface area contributed by atoms with Crippen molar-refractivity contribution < 1.29 is 19.1 Å². The SMILES string of the molecule is CC1(F)CCNCC1CN(C=O)C1CCCC1C(=O)O. The Bertz CT molecular complexity index is 375. The normalized spacial score (nSPS) is 37.6. The third-order valence-corrected chi connectivity index (χ3v) is 4.82. The Morgan fingerprint density at radius 1 is 1.55 bits per heavy atom. The van der Waals surface area contributed by atoms with E-state index in [0.29, 0.717) is 38.8 Å². The van der Waals surface area contributed by atoms with E-state index in [9.17, 15) is 19.1 Å². The number of rotatable bonds is 5. The minimum atomic E-state index is -1.30. The largest absolute Gasteiger partial charge is 0.481 e. The standard InChI is InChI=1S/C14H23FN2O3/c1-14(15)5-6-16-7-10(14)8-17(9-18)12-4-2-3-11(12)13(19)20/h9-12,16H,2-8H2,1H3,(H,19,20). The number of hydrogen-bond donors (Lipinski definition) is 2. The Morgan fingerprint density at radius 2 is 2.30 bits per heavy atom. The first-order valence-electron chi connectivity index (χ1n) is 7.29. The van der Waals surface area contributed by atoms with Gasteiger partial charge in [-0.05, 0) is 32.7 Å². The van der Waals surface area contributed by atoms with Gasteiger partial charge in [-0.2, -0.15) is 0 Å². The van der Waals surface area contributed by atoms with Crippen molar-refractivity contribution >= 4 is 12.4 Å². The van der Waals surface area contributed by atoms with Gasteiger partial charge < -0.3 is 15.3 Å². The number of amides is 1. The van der Waals surface area contributed by atoms with Crippen molar-refractivity contribution in [2.45, 2.75) is 44.3 Å². The molecule has 0 aromatic heterocycles. The number of nitrogens with one attached hydrogen (secondary N) is 1. The zero-order valence-corrected chi connectivity index (χ0v) is 11.8. The second kappa shape index (κ2) is 6.08. The average Bonchev–Trinajstić information content (AvgIpc) is 2.86. The van der Waals surface area contributed by atoms with Crippen LogP contribution >= 0.6 is 0 Å². The molecule has 2 rings (SSSR count). The van der Waals surface area contributed by atoms with E-state index in [0.717, 1.165) is 6.42 Å². The Labute approximate surface area is 118 Å². The highest BCUT2D eigenvalue weighted by Crippen LogP contribution is 2.33. The van der Waals surface area contributed by atoms with Crippen LogP contribution in [0.4, 0.5) is 4.39 Å². The van der Waals surface area contributed by atoms with E-state index in [1.165, 1.54) is 4.90 Å². The number of piperidine rings is 1. The molecule has 5 nitrogen and oxygen atoms in total. The Kier molecular flexibility index (Phi) is 4.62. The zero-order chi connectivity index (χ0) is 14.8. The highest BCUT2D eigenvalue weighted by atomic mass is 19.1. The highest BCUT2D eigenvalue weighted by molar-refractivity contribution is 5.72. The molecule has 4 unspecified atom stereocenters. The molecule has 1 amide bonds. The van der Waals surface area contributed by atoms with E-state index in [1.54, 1.807) is 6.92 Å². The predicted octanol–water partition coefficient (Wildman–Crippen LogP) is 1.04. The maximum Gasteiger partial charge on any atom is 0.308 e. The number of carbonyl (C=O) groups excluding carboxylic acids is 1. The zero-order valence-electron chi connectivity index (χ0n) is 11.8. The molecule has 2 N–H and O–H groups in total.